The van der Waals surface area contributed by atoms with Crippen LogP contribution in [-0.2, 0) is 41.7 Å². The molecule has 44 heavy (non-hydrogen) atoms. The van der Waals surface area contributed by atoms with Crippen LogP contribution in [0.1, 0.15) is 55.4 Å². The molecule has 5 rings (SSSR count). The first-order valence-electron chi connectivity index (χ1n) is 15.3. The summed E-state index contributed by atoms with van der Waals surface area (Å²) >= 11 is 0. The molecule has 1 amide bonds. The second kappa shape index (κ2) is 14.9. The predicted molar refractivity (Wildman–Crippen MR) is 165 cm³/mol. The number of carbonyl (C=O) groups is 2. The monoisotopic (exact) mass is 602 g/mol. The number of aliphatic hydroxyl groups is 1. The number of carbonyl (C=O) groups excluding carboxylic acids is 2. The van der Waals surface area contributed by atoms with Gasteiger partial charge in [-0.25, -0.2) is 0 Å². The van der Waals surface area contributed by atoms with Crippen LogP contribution < -0.4 is 5.32 Å². The number of rotatable bonds is 10. The third kappa shape index (κ3) is 8.11. The van der Waals surface area contributed by atoms with Crippen LogP contribution in [0.2, 0.25) is 0 Å². The lowest BCUT2D eigenvalue weighted by Gasteiger charge is -2.43. The van der Waals surface area contributed by atoms with Gasteiger partial charge in [-0.05, 0) is 40.8 Å². The molecule has 234 valence electrons. The molecule has 2 saturated heterocycles. The Morgan fingerprint density at radius 2 is 1.66 bits per heavy atom. The number of morpholine rings is 1. The Kier molecular flexibility index (Phi) is 10.8. The third-order valence-corrected chi connectivity index (χ3v) is 8.29. The van der Waals surface area contributed by atoms with Gasteiger partial charge >= 0.3 is 5.97 Å². The van der Waals surface area contributed by atoms with Crippen molar-refractivity contribution >= 4 is 11.9 Å². The fourth-order valence-corrected chi connectivity index (χ4v) is 5.70. The van der Waals surface area contributed by atoms with Gasteiger partial charge in [0.15, 0.2) is 12.4 Å². The van der Waals surface area contributed by atoms with Crippen molar-refractivity contribution in [1.29, 1.82) is 0 Å². The van der Waals surface area contributed by atoms with Gasteiger partial charge in [-0.3, -0.25) is 14.5 Å². The van der Waals surface area contributed by atoms with E-state index < -0.39 is 18.4 Å². The maximum absolute atomic E-state index is 12.3. The molecule has 3 aromatic rings. The molecule has 0 aromatic heterocycles. The summed E-state index contributed by atoms with van der Waals surface area (Å²) in [5, 5.41) is 12.3. The molecule has 2 heterocycles. The molecule has 5 unspecified atom stereocenters. The molecular weight excluding hydrogens is 560 g/mol. The van der Waals surface area contributed by atoms with Crippen LogP contribution >= 0.6 is 0 Å². The third-order valence-electron chi connectivity index (χ3n) is 8.29. The van der Waals surface area contributed by atoms with Crippen molar-refractivity contribution in [2.45, 2.75) is 58.5 Å². The number of ether oxygens (including phenoxy) is 4. The Bertz CT molecular complexity index is 1390. The topological polar surface area (TPSA) is 107 Å². The number of nitrogens with one attached hydrogen (secondary N) is 1. The Morgan fingerprint density at radius 3 is 2.34 bits per heavy atom. The van der Waals surface area contributed by atoms with Crippen LogP contribution in [0.5, 0.6) is 0 Å². The van der Waals surface area contributed by atoms with Crippen LogP contribution in [0.15, 0.2) is 72.8 Å². The summed E-state index contributed by atoms with van der Waals surface area (Å²) in [7, 11) is 0. The summed E-state index contributed by atoms with van der Waals surface area (Å²) in [5.74, 6) is -0.712. The van der Waals surface area contributed by atoms with E-state index in [0.717, 1.165) is 66.2 Å². The molecule has 0 spiro atoms. The normalized spacial score (nSPS) is 23.1. The van der Waals surface area contributed by atoms with Gasteiger partial charge in [-0.15, -0.1) is 0 Å². The molecule has 0 bridgehead atoms. The number of hydrogen-bond acceptors (Lipinski definition) is 8. The highest BCUT2D eigenvalue weighted by Gasteiger charge is 2.39. The van der Waals surface area contributed by atoms with Gasteiger partial charge in [0, 0.05) is 44.6 Å². The van der Waals surface area contributed by atoms with E-state index in [2.05, 4.69) is 29.3 Å². The van der Waals surface area contributed by atoms with Crippen LogP contribution in [0.4, 0.5) is 0 Å². The highest BCUT2D eigenvalue weighted by Crippen LogP contribution is 2.42. The second-order valence-corrected chi connectivity index (χ2v) is 11.5. The van der Waals surface area contributed by atoms with Crippen LogP contribution in [-0.4, -0.2) is 66.9 Å². The maximum atomic E-state index is 12.3. The van der Waals surface area contributed by atoms with E-state index in [-0.39, 0.29) is 30.6 Å². The number of aliphatic hydroxyl groups excluding tert-OH is 1. The first-order chi connectivity index (χ1) is 21.3. The van der Waals surface area contributed by atoms with E-state index in [1.54, 1.807) is 6.92 Å². The Balaban J connectivity index is 1.30. The molecule has 2 aliphatic heterocycles. The highest BCUT2D eigenvalue weighted by atomic mass is 16.7. The summed E-state index contributed by atoms with van der Waals surface area (Å²) in [4.78, 5) is 25.8. The van der Waals surface area contributed by atoms with E-state index in [1.807, 2.05) is 60.7 Å². The average Bonchev–Trinajstić information content (AvgIpc) is 3.05. The first-order valence-corrected chi connectivity index (χ1v) is 15.3. The molecule has 0 aliphatic carbocycles. The first kappa shape index (κ1) is 31.8. The lowest BCUT2D eigenvalue weighted by Crippen LogP contribution is -2.47. The van der Waals surface area contributed by atoms with Crippen molar-refractivity contribution in [3.8, 4) is 11.1 Å². The fraction of sp³-hybridized carbons (Fsp3) is 0.429. The summed E-state index contributed by atoms with van der Waals surface area (Å²) < 4.78 is 23.8. The lowest BCUT2D eigenvalue weighted by atomic mass is 9.90. The SMILES string of the molecule is CC(=O)OC(C)C(=O)NCc1cccc(-c2ccc(C3OC(CN4CCOCC4)C(C)C(c4ccc(CO)cc4)O3)cc2)c1. The largest absolute Gasteiger partial charge is 0.453 e. The van der Waals surface area contributed by atoms with Crippen LogP contribution in [0.25, 0.3) is 11.1 Å². The minimum Gasteiger partial charge on any atom is -0.453 e. The molecule has 2 N–H and O–H groups in total. The maximum Gasteiger partial charge on any atom is 0.303 e. The van der Waals surface area contributed by atoms with Gasteiger partial charge in [-0.2, -0.15) is 0 Å². The van der Waals surface area contributed by atoms with Crippen molar-refractivity contribution < 1.29 is 33.6 Å². The molecule has 5 atom stereocenters. The van der Waals surface area contributed by atoms with Crippen molar-refractivity contribution in [3.05, 3.63) is 95.1 Å². The zero-order valence-electron chi connectivity index (χ0n) is 25.6. The minimum atomic E-state index is -0.844. The van der Waals surface area contributed by atoms with E-state index >= 15 is 0 Å². The summed E-state index contributed by atoms with van der Waals surface area (Å²) in [5.41, 5.74) is 5.85. The highest BCUT2D eigenvalue weighted by molar-refractivity contribution is 5.82. The van der Waals surface area contributed by atoms with Gasteiger partial charge < -0.3 is 29.4 Å². The lowest BCUT2D eigenvalue weighted by molar-refractivity contribution is -0.277. The Morgan fingerprint density at radius 1 is 0.955 bits per heavy atom. The quantitative estimate of drug-likeness (QED) is 0.326. The molecule has 3 aromatic carbocycles. The average molecular weight is 603 g/mol. The van der Waals surface area contributed by atoms with Crippen LogP contribution in [0, 0.1) is 5.92 Å². The number of amides is 1. The minimum absolute atomic E-state index is 0.00588. The molecule has 9 nitrogen and oxygen atoms in total. The second-order valence-electron chi connectivity index (χ2n) is 11.5. The van der Waals surface area contributed by atoms with Crippen molar-refractivity contribution in [3.63, 3.8) is 0 Å². The summed E-state index contributed by atoms with van der Waals surface area (Å²) in [6, 6.07) is 24.1. The molecule has 0 saturated carbocycles. The Hall–Kier alpha value is -3.60. The molecule has 9 heteroatoms. The van der Waals surface area contributed by atoms with Gasteiger partial charge in [-0.1, -0.05) is 73.7 Å². The van der Waals surface area contributed by atoms with Crippen LogP contribution in [0.3, 0.4) is 0 Å². The number of esters is 1. The summed E-state index contributed by atoms with van der Waals surface area (Å²) in [6.07, 6.45) is -1.58. The van der Waals surface area contributed by atoms with Gasteiger partial charge in [0.2, 0.25) is 0 Å². The molecule has 2 fully saturated rings. The number of benzene rings is 3. The van der Waals surface area contributed by atoms with Gasteiger partial charge in [0.05, 0.1) is 32.0 Å². The van der Waals surface area contributed by atoms with E-state index in [9.17, 15) is 14.7 Å². The predicted octanol–water partition coefficient (Wildman–Crippen LogP) is 4.54. The van der Waals surface area contributed by atoms with Crippen molar-refractivity contribution in [2.75, 3.05) is 32.8 Å². The van der Waals surface area contributed by atoms with Gasteiger partial charge in [0.25, 0.3) is 5.91 Å². The fourth-order valence-electron chi connectivity index (χ4n) is 5.70. The van der Waals surface area contributed by atoms with Crippen molar-refractivity contribution in [2.24, 2.45) is 5.92 Å². The standard InChI is InChI=1S/C35H42N2O7/c1-23-32(21-37-15-17-41-18-16-37)43-35(44-33(23)29-9-7-26(22-38)8-10-29)30-13-11-28(12-14-30)31-6-4-5-27(19-31)20-36-34(40)24(2)42-25(3)39/h4-14,19,23-24,32-33,35,38H,15-18,20-22H2,1-3H3,(H,36,40). The molecule has 0 radical (unpaired) electrons. The smallest absolute Gasteiger partial charge is 0.303 e. The van der Waals surface area contributed by atoms with E-state index in [1.165, 1.54) is 6.92 Å². The number of nitrogens with zero attached hydrogens (tertiary/aromatic N) is 1. The zero-order chi connectivity index (χ0) is 31.1. The van der Waals surface area contributed by atoms with Crippen molar-refractivity contribution in [1.82, 2.24) is 10.2 Å². The van der Waals surface area contributed by atoms with E-state index in [0.29, 0.717) is 6.54 Å². The zero-order valence-corrected chi connectivity index (χ0v) is 25.6. The number of hydrogen-bond donors (Lipinski definition) is 2. The summed E-state index contributed by atoms with van der Waals surface area (Å²) in [6.45, 7) is 9.38. The van der Waals surface area contributed by atoms with E-state index in [4.69, 9.17) is 18.9 Å². The molecular formula is C35H42N2O7. The Labute approximate surface area is 259 Å². The molecule has 2 aliphatic rings. The van der Waals surface area contributed by atoms with Gasteiger partial charge in [0.1, 0.15) is 0 Å².